The molecule has 0 nitrogen and oxygen atoms in total. The van der Waals surface area contributed by atoms with Crippen molar-refractivity contribution in [2.45, 2.75) is 52.4 Å². The number of thioether (sulfide) groups is 2. The van der Waals surface area contributed by atoms with Gasteiger partial charge in [0, 0.05) is 0 Å². The highest BCUT2D eigenvalue weighted by Gasteiger charge is 2.05. The number of rotatable bonds is 6. The molecule has 14 heavy (non-hydrogen) atoms. The van der Waals surface area contributed by atoms with Crippen LogP contribution in [-0.2, 0) is 0 Å². The van der Waals surface area contributed by atoms with Crippen LogP contribution in [0.5, 0.6) is 0 Å². The third kappa shape index (κ3) is 4.61. The Bertz CT molecular complexity index is 192. The van der Waals surface area contributed by atoms with Crippen LogP contribution in [0.4, 0.5) is 0 Å². The Labute approximate surface area is 96.6 Å². The van der Waals surface area contributed by atoms with Crippen LogP contribution in [-0.4, -0.2) is 0 Å². The average molecular weight is 228 g/mol. The molecule has 1 aliphatic heterocycles. The van der Waals surface area contributed by atoms with Crippen LogP contribution in [0.1, 0.15) is 52.4 Å². The quantitative estimate of drug-likeness (QED) is 0.586. The molecule has 1 rings (SSSR count). The summed E-state index contributed by atoms with van der Waals surface area (Å²) in [5, 5.41) is 4.70. The highest BCUT2D eigenvalue weighted by atomic mass is 32.2. The second kappa shape index (κ2) is 7.47. The van der Waals surface area contributed by atoms with E-state index in [0.29, 0.717) is 0 Å². The minimum atomic E-state index is 1.27. The first-order valence-electron chi connectivity index (χ1n) is 5.58. The van der Waals surface area contributed by atoms with Gasteiger partial charge in [-0.15, -0.1) is 23.5 Å². The molecule has 0 aromatic heterocycles. The molecule has 0 saturated carbocycles. The van der Waals surface area contributed by atoms with E-state index in [-0.39, 0.29) is 0 Å². The molecule has 0 aliphatic carbocycles. The maximum absolute atomic E-state index is 2.35. The Morgan fingerprint density at radius 3 is 1.57 bits per heavy atom. The van der Waals surface area contributed by atoms with E-state index in [0.717, 1.165) is 0 Å². The van der Waals surface area contributed by atoms with Crippen molar-refractivity contribution < 1.29 is 0 Å². The average Bonchev–Trinajstić information content (AvgIpc) is 2.25. The highest BCUT2D eigenvalue weighted by Crippen LogP contribution is 2.38. The number of hydrogen-bond acceptors (Lipinski definition) is 2. The van der Waals surface area contributed by atoms with Gasteiger partial charge in [0.1, 0.15) is 0 Å². The summed E-state index contributed by atoms with van der Waals surface area (Å²) in [4.78, 5) is 3.11. The fourth-order valence-corrected chi connectivity index (χ4v) is 3.33. The first-order chi connectivity index (χ1) is 6.86. The molecular formula is C12H20S2. The minimum Gasteiger partial charge on any atom is -0.101 e. The summed E-state index contributed by atoms with van der Waals surface area (Å²) < 4.78 is 0. The SMILES string of the molecule is CCCCC1=CSC(CCCC)=CS1. The molecule has 80 valence electrons. The summed E-state index contributed by atoms with van der Waals surface area (Å²) >= 11 is 3.88. The Morgan fingerprint density at radius 1 is 0.857 bits per heavy atom. The van der Waals surface area contributed by atoms with Gasteiger partial charge in [-0.2, -0.15) is 0 Å². The summed E-state index contributed by atoms with van der Waals surface area (Å²) in [5.41, 5.74) is 0. The number of allylic oxidation sites excluding steroid dienone is 2. The smallest absolute Gasteiger partial charge is 0.00417 e. The Kier molecular flexibility index (Phi) is 6.54. The van der Waals surface area contributed by atoms with E-state index >= 15 is 0 Å². The maximum Gasteiger partial charge on any atom is -0.00417 e. The normalized spacial score (nSPS) is 16.4. The predicted molar refractivity (Wildman–Crippen MR) is 70.4 cm³/mol. The van der Waals surface area contributed by atoms with E-state index in [1.54, 1.807) is 9.81 Å². The van der Waals surface area contributed by atoms with Crippen LogP contribution >= 0.6 is 23.5 Å². The van der Waals surface area contributed by atoms with Crippen LogP contribution in [0.3, 0.4) is 0 Å². The first-order valence-corrected chi connectivity index (χ1v) is 7.34. The van der Waals surface area contributed by atoms with Gasteiger partial charge in [0.05, 0.1) is 0 Å². The van der Waals surface area contributed by atoms with E-state index in [9.17, 15) is 0 Å². The summed E-state index contributed by atoms with van der Waals surface area (Å²) in [6.45, 7) is 4.51. The van der Waals surface area contributed by atoms with Gasteiger partial charge < -0.3 is 0 Å². The molecule has 0 aromatic carbocycles. The highest BCUT2D eigenvalue weighted by molar-refractivity contribution is 8.12. The third-order valence-corrected chi connectivity index (χ3v) is 4.59. The van der Waals surface area contributed by atoms with E-state index in [1.165, 1.54) is 38.5 Å². The Balaban J connectivity index is 2.22. The largest absolute Gasteiger partial charge is 0.101 e. The first kappa shape index (κ1) is 12.3. The summed E-state index contributed by atoms with van der Waals surface area (Å²) in [7, 11) is 0. The van der Waals surface area contributed by atoms with Crippen molar-refractivity contribution in [1.29, 1.82) is 0 Å². The van der Waals surface area contributed by atoms with Crippen molar-refractivity contribution in [1.82, 2.24) is 0 Å². The second-order valence-electron chi connectivity index (χ2n) is 3.61. The molecule has 0 saturated heterocycles. The lowest BCUT2D eigenvalue weighted by Gasteiger charge is -2.12. The molecule has 0 amide bonds. The standard InChI is InChI=1S/C12H20S2/c1-3-5-7-11-9-14-12(10-13-11)8-6-4-2/h9-10H,3-8H2,1-2H3. The second-order valence-corrected chi connectivity index (χ2v) is 5.60. The van der Waals surface area contributed by atoms with E-state index in [2.05, 4.69) is 24.7 Å². The lowest BCUT2D eigenvalue weighted by molar-refractivity contribution is 0.806. The molecule has 1 heterocycles. The van der Waals surface area contributed by atoms with Crippen LogP contribution in [0.2, 0.25) is 0 Å². The van der Waals surface area contributed by atoms with Crippen LogP contribution in [0.15, 0.2) is 20.6 Å². The summed E-state index contributed by atoms with van der Waals surface area (Å²) in [6, 6.07) is 0. The van der Waals surface area contributed by atoms with Crippen LogP contribution in [0, 0.1) is 0 Å². The van der Waals surface area contributed by atoms with E-state index in [4.69, 9.17) is 0 Å². The zero-order valence-electron chi connectivity index (χ0n) is 9.21. The maximum atomic E-state index is 2.35. The zero-order chi connectivity index (χ0) is 10.2. The Morgan fingerprint density at radius 2 is 1.29 bits per heavy atom. The topological polar surface area (TPSA) is 0 Å². The van der Waals surface area contributed by atoms with Crippen molar-refractivity contribution in [3.05, 3.63) is 20.6 Å². The fraction of sp³-hybridized carbons (Fsp3) is 0.667. The monoisotopic (exact) mass is 228 g/mol. The lowest BCUT2D eigenvalue weighted by atomic mass is 10.2. The van der Waals surface area contributed by atoms with Gasteiger partial charge in [-0.25, -0.2) is 0 Å². The molecule has 0 radical (unpaired) electrons. The van der Waals surface area contributed by atoms with Crippen LogP contribution < -0.4 is 0 Å². The van der Waals surface area contributed by atoms with Crippen molar-refractivity contribution in [2.24, 2.45) is 0 Å². The van der Waals surface area contributed by atoms with Crippen molar-refractivity contribution >= 4 is 23.5 Å². The molecule has 0 spiro atoms. The minimum absolute atomic E-state index is 1.27. The molecule has 0 fully saturated rings. The van der Waals surface area contributed by atoms with Crippen molar-refractivity contribution in [2.75, 3.05) is 0 Å². The van der Waals surface area contributed by atoms with Gasteiger partial charge in [-0.3, -0.25) is 0 Å². The zero-order valence-corrected chi connectivity index (χ0v) is 10.8. The molecule has 0 bridgehead atoms. The molecule has 0 unspecified atom stereocenters. The van der Waals surface area contributed by atoms with Gasteiger partial charge >= 0.3 is 0 Å². The predicted octanol–water partition coefficient (Wildman–Crippen LogP) is 5.53. The number of hydrogen-bond donors (Lipinski definition) is 0. The Hall–Kier alpha value is 0.180. The fourth-order valence-electron chi connectivity index (χ4n) is 1.28. The summed E-state index contributed by atoms with van der Waals surface area (Å²) in [6.07, 6.45) is 7.80. The molecule has 2 heteroatoms. The van der Waals surface area contributed by atoms with Crippen molar-refractivity contribution in [3.63, 3.8) is 0 Å². The number of unbranched alkanes of at least 4 members (excludes halogenated alkanes) is 2. The van der Waals surface area contributed by atoms with Gasteiger partial charge in [0.15, 0.2) is 0 Å². The third-order valence-electron chi connectivity index (χ3n) is 2.24. The van der Waals surface area contributed by atoms with Gasteiger partial charge in [0.25, 0.3) is 0 Å². The van der Waals surface area contributed by atoms with Crippen molar-refractivity contribution in [3.8, 4) is 0 Å². The summed E-state index contributed by atoms with van der Waals surface area (Å²) in [5.74, 6) is 0. The molecule has 0 N–H and O–H groups in total. The molecule has 0 atom stereocenters. The van der Waals surface area contributed by atoms with E-state index < -0.39 is 0 Å². The molecule has 0 aromatic rings. The van der Waals surface area contributed by atoms with Gasteiger partial charge in [-0.1, -0.05) is 26.7 Å². The van der Waals surface area contributed by atoms with Gasteiger partial charge in [0.2, 0.25) is 0 Å². The van der Waals surface area contributed by atoms with E-state index in [1.807, 2.05) is 23.5 Å². The van der Waals surface area contributed by atoms with Crippen LogP contribution in [0.25, 0.3) is 0 Å². The molecular weight excluding hydrogens is 208 g/mol. The lowest BCUT2D eigenvalue weighted by Crippen LogP contribution is -1.84. The molecule has 1 aliphatic rings. The van der Waals surface area contributed by atoms with Gasteiger partial charge in [-0.05, 0) is 46.3 Å².